The molecule has 0 aliphatic heterocycles. The van der Waals surface area contributed by atoms with Crippen LogP contribution in [-0.2, 0) is 4.79 Å². The highest BCUT2D eigenvalue weighted by atomic mass is 16.5. The van der Waals surface area contributed by atoms with Gasteiger partial charge in [0.2, 0.25) is 0 Å². The van der Waals surface area contributed by atoms with Crippen molar-refractivity contribution in [3.63, 3.8) is 0 Å². The SMILES string of the molecule is CCCCNC(=O)COc1ccc(Oc2ccccc2)cc1. The molecule has 0 saturated heterocycles. The highest BCUT2D eigenvalue weighted by molar-refractivity contribution is 5.77. The molecule has 0 bridgehead atoms. The monoisotopic (exact) mass is 299 g/mol. The number of carbonyl (C=O) groups excluding carboxylic acids is 1. The van der Waals surface area contributed by atoms with Gasteiger partial charge in [-0.1, -0.05) is 31.5 Å². The number of nitrogens with one attached hydrogen (secondary N) is 1. The van der Waals surface area contributed by atoms with Crippen LogP contribution in [0.2, 0.25) is 0 Å². The van der Waals surface area contributed by atoms with Gasteiger partial charge in [-0.25, -0.2) is 0 Å². The Bertz CT molecular complexity index is 567. The molecule has 4 heteroatoms. The Kier molecular flexibility index (Phi) is 6.30. The second-order valence-electron chi connectivity index (χ2n) is 4.88. The van der Waals surface area contributed by atoms with Crippen molar-refractivity contribution in [1.82, 2.24) is 5.32 Å². The van der Waals surface area contributed by atoms with Gasteiger partial charge in [0.1, 0.15) is 17.2 Å². The minimum absolute atomic E-state index is 0.0304. The summed E-state index contributed by atoms with van der Waals surface area (Å²) in [5.74, 6) is 2.06. The van der Waals surface area contributed by atoms with Crippen LogP contribution >= 0.6 is 0 Å². The van der Waals surface area contributed by atoms with E-state index in [1.807, 2.05) is 42.5 Å². The predicted octanol–water partition coefficient (Wildman–Crippen LogP) is 3.77. The molecule has 0 heterocycles. The molecule has 0 aromatic heterocycles. The van der Waals surface area contributed by atoms with Gasteiger partial charge < -0.3 is 14.8 Å². The van der Waals surface area contributed by atoms with Crippen LogP contribution in [0.15, 0.2) is 54.6 Å². The average molecular weight is 299 g/mol. The van der Waals surface area contributed by atoms with E-state index in [2.05, 4.69) is 12.2 Å². The van der Waals surface area contributed by atoms with E-state index in [4.69, 9.17) is 9.47 Å². The molecule has 1 N–H and O–H groups in total. The Balaban J connectivity index is 1.78. The average Bonchev–Trinajstić information content (AvgIpc) is 2.55. The van der Waals surface area contributed by atoms with Crippen LogP contribution in [0.5, 0.6) is 17.2 Å². The largest absolute Gasteiger partial charge is 0.484 e. The summed E-state index contributed by atoms with van der Waals surface area (Å²) in [7, 11) is 0. The van der Waals surface area contributed by atoms with Crippen molar-refractivity contribution >= 4 is 5.91 Å². The summed E-state index contributed by atoms with van der Waals surface area (Å²) in [4.78, 5) is 11.5. The van der Waals surface area contributed by atoms with Crippen molar-refractivity contribution < 1.29 is 14.3 Å². The smallest absolute Gasteiger partial charge is 0.257 e. The Morgan fingerprint density at radius 2 is 1.59 bits per heavy atom. The molecule has 1 amide bonds. The number of carbonyl (C=O) groups is 1. The van der Waals surface area contributed by atoms with E-state index in [-0.39, 0.29) is 12.5 Å². The predicted molar refractivity (Wildman–Crippen MR) is 86.4 cm³/mol. The summed E-state index contributed by atoms with van der Waals surface area (Å²) >= 11 is 0. The number of ether oxygens (including phenoxy) is 2. The lowest BCUT2D eigenvalue weighted by Gasteiger charge is -2.09. The fraction of sp³-hybridized carbons (Fsp3) is 0.278. The van der Waals surface area contributed by atoms with Gasteiger partial charge in [-0.2, -0.15) is 0 Å². The minimum Gasteiger partial charge on any atom is -0.484 e. The number of hydrogen-bond donors (Lipinski definition) is 1. The summed E-state index contributed by atoms with van der Waals surface area (Å²) in [6.07, 6.45) is 2.04. The molecule has 0 fully saturated rings. The maximum Gasteiger partial charge on any atom is 0.257 e. The summed E-state index contributed by atoms with van der Waals surface area (Å²) in [5, 5.41) is 2.81. The second kappa shape index (κ2) is 8.72. The van der Waals surface area contributed by atoms with Crippen molar-refractivity contribution in [1.29, 1.82) is 0 Å². The topological polar surface area (TPSA) is 47.6 Å². The van der Waals surface area contributed by atoms with E-state index in [1.165, 1.54) is 0 Å². The highest BCUT2D eigenvalue weighted by Crippen LogP contribution is 2.23. The third kappa shape index (κ3) is 5.48. The van der Waals surface area contributed by atoms with Gasteiger partial charge in [-0.15, -0.1) is 0 Å². The molecule has 0 saturated carbocycles. The Labute approximate surface area is 131 Å². The first kappa shape index (κ1) is 15.9. The molecular weight excluding hydrogens is 278 g/mol. The lowest BCUT2D eigenvalue weighted by Crippen LogP contribution is -2.29. The van der Waals surface area contributed by atoms with Crippen LogP contribution in [0, 0.1) is 0 Å². The van der Waals surface area contributed by atoms with Crippen LogP contribution in [-0.4, -0.2) is 19.1 Å². The number of para-hydroxylation sites is 1. The summed E-state index contributed by atoms with van der Waals surface area (Å²) < 4.78 is 11.1. The third-order valence-corrected chi connectivity index (χ3v) is 3.03. The zero-order valence-electron chi connectivity index (χ0n) is 12.7. The van der Waals surface area contributed by atoms with E-state index in [9.17, 15) is 4.79 Å². The number of unbranched alkanes of at least 4 members (excludes halogenated alkanes) is 1. The molecule has 2 aromatic rings. The Morgan fingerprint density at radius 3 is 2.27 bits per heavy atom. The van der Waals surface area contributed by atoms with Crippen molar-refractivity contribution in [3.05, 3.63) is 54.6 Å². The first-order valence-electron chi connectivity index (χ1n) is 7.50. The molecule has 0 radical (unpaired) electrons. The standard InChI is InChI=1S/C18H21NO3/c1-2-3-13-19-18(20)14-21-15-9-11-17(12-10-15)22-16-7-5-4-6-8-16/h4-12H,2-3,13-14H2,1H3,(H,19,20). The van der Waals surface area contributed by atoms with Crippen LogP contribution in [0.25, 0.3) is 0 Å². The third-order valence-electron chi connectivity index (χ3n) is 3.03. The molecule has 2 aromatic carbocycles. The first-order chi connectivity index (χ1) is 10.8. The molecule has 0 aliphatic carbocycles. The summed E-state index contributed by atoms with van der Waals surface area (Å²) in [6.45, 7) is 2.81. The number of benzene rings is 2. The Morgan fingerprint density at radius 1 is 0.955 bits per heavy atom. The molecule has 0 spiro atoms. The highest BCUT2D eigenvalue weighted by Gasteiger charge is 2.02. The normalized spacial score (nSPS) is 10.0. The second-order valence-corrected chi connectivity index (χ2v) is 4.88. The van der Waals surface area contributed by atoms with Gasteiger partial charge in [0.15, 0.2) is 6.61 Å². The number of rotatable bonds is 8. The first-order valence-corrected chi connectivity index (χ1v) is 7.50. The molecule has 116 valence electrons. The van der Waals surface area contributed by atoms with E-state index >= 15 is 0 Å². The van der Waals surface area contributed by atoms with Crippen LogP contribution < -0.4 is 14.8 Å². The molecule has 0 atom stereocenters. The molecular formula is C18H21NO3. The van der Waals surface area contributed by atoms with Crippen molar-refractivity contribution in [2.45, 2.75) is 19.8 Å². The fourth-order valence-electron chi connectivity index (χ4n) is 1.83. The van der Waals surface area contributed by atoms with Gasteiger partial charge in [-0.3, -0.25) is 4.79 Å². The number of amides is 1. The van der Waals surface area contributed by atoms with Crippen LogP contribution in [0.3, 0.4) is 0 Å². The quantitative estimate of drug-likeness (QED) is 0.755. The van der Waals surface area contributed by atoms with E-state index in [0.29, 0.717) is 12.3 Å². The lowest BCUT2D eigenvalue weighted by atomic mass is 10.3. The van der Waals surface area contributed by atoms with Gasteiger partial charge in [0.05, 0.1) is 0 Å². The van der Waals surface area contributed by atoms with Crippen LogP contribution in [0.4, 0.5) is 0 Å². The Hall–Kier alpha value is -2.49. The maximum atomic E-state index is 11.5. The molecule has 0 unspecified atom stereocenters. The molecule has 4 nitrogen and oxygen atoms in total. The molecule has 2 rings (SSSR count). The van der Waals surface area contributed by atoms with Gasteiger partial charge in [-0.05, 0) is 42.8 Å². The van der Waals surface area contributed by atoms with Gasteiger partial charge in [0, 0.05) is 6.54 Å². The van der Waals surface area contributed by atoms with E-state index < -0.39 is 0 Å². The van der Waals surface area contributed by atoms with E-state index in [0.717, 1.165) is 24.3 Å². The van der Waals surface area contributed by atoms with Crippen molar-refractivity contribution in [3.8, 4) is 17.2 Å². The summed E-state index contributed by atoms with van der Waals surface area (Å²) in [6, 6.07) is 16.8. The fourth-order valence-corrected chi connectivity index (χ4v) is 1.83. The zero-order valence-corrected chi connectivity index (χ0v) is 12.7. The molecule has 0 aliphatic rings. The maximum absolute atomic E-state index is 11.5. The van der Waals surface area contributed by atoms with Crippen LogP contribution in [0.1, 0.15) is 19.8 Å². The van der Waals surface area contributed by atoms with Crippen molar-refractivity contribution in [2.24, 2.45) is 0 Å². The zero-order chi connectivity index (χ0) is 15.6. The van der Waals surface area contributed by atoms with Gasteiger partial charge in [0.25, 0.3) is 5.91 Å². The lowest BCUT2D eigenvalue weighted by molar-refractivity contribution is -0.123. The van der Waals surface area contributed by atoms with Crippen molar-refractivity contribution in [2.75, 3.05) is 13.2 Å². The van der Waals surface area contributed by atoms with Gasteiger partial charge >= 0.3 is 0 Å². The minimum atomic E-state index is -0.0990. The number of hydrogen-bond acceptors (Lipinski definition) is 3. The summed E-state index contributed by atoms with van der Waals surface area (Å²) in [5.41, 5.74) is 0. The van der Waals surface area contributed by atoms with E-state index in [1.54, 1.807) is 12.1 Å². The molecule has 22 heavy (non-hydrogen) atoms.